The molecule has 10 nitrogen and oxygen atoms in total. The zero-order valence-corrected chi connectivity index (χ0v) is 19.0. The topological polar surface area (TPSA) is 155 Å². The molecule has 1 aliphatic heterocycles. The van der Waals surface area contributed by atoms with E-state index in [1.54, 1.807) is 25.3 Å². The van der Waals surface area contributed by atoms with Gasteiger partial charge in [0.05, 0.1) is 13.7 Å². The van der Waals surface area contributed by atoms with Gasteiger partial charge in [-0.3, -0.25) is 0 Å². The molecule has 1 saturated heterocycles. The van der Waals surface area contributed by atoms with Crippen LogP contribution in [0.1, 0.15) is 23.6 Å². The van der Waals surface area contributed by atoms with Gasteiger partial charge in [-0.05, 0) is 41.8 Å². The Morgan fingerprint density at radius 2 is 1.76 bits per heavy atom. The number of carbonyl (C=O) groups excluding carboxylic acids is 1. The maximum absolute atomic E-state index is 11.3. The van der Waals surface area contributed by atoms with Crippen molar-refractivity contribution in [2.24, 2.45) is 0 Å². The number of ether oxygens (including phenoxy) is 4. The van der Waals surface area contributed by atoms with Crippen LogP contribution in [0.3, 0.4) is 0 Å². The van der Waals surface area contributed by atoms with Gasteiger partial charge in [0, 0.05) is 6.42 Å². The normalized spacial score (nSPS) is 26.7. The van der Waals surface area contributed by atoms with Crippen LogP contribution in [-0.4, -0.2) is 82.0 Å². The maximum atomic E-state index is 11.3. The zero-order chi connectivity index (χ0) is 24.9. The largest absolute Gasteiger partial charge is 0.497 e. The lowest BCUT2D eigenvalue weighted by atomic mass is 9.86. The van der Waals surface area contributed by atoms with E-state index in [-0.39, 0.29) is 6.61 Å². The van der Waals surface area contributed by atoms with E-state index in [1.165, 1.54) is 6.92 Å². The molecule has 2 aromatic rings. The summed E-state index contributed by atoms with van der Waals surface area (Å²) in [6.45, 7) is -0.353. The van der Waals surface area contributed by atoms with Crippen LogP contribution in [0.5, 0.6) is 11.5 Å². The van der Waals surface area contributed by atoms with Crippen LogP contribution in [0, 0.1) is 0 Å². The van der Waals surface area contributed by atoms with Gasteiger partial charge < -0.3 is 44.5 Å². The Morgan fingerprint density at radius 1 is 1.09 bits per heavy atom. The first-order valence-electron chi connectivity index (χ1n) is 10.7. The average Bonchev–Trinajstić information content (AvgIpc) is 2.84. The van der Waals surface area contributed by atoms with Gasteiger partial charge in [-0.1, -0.05) is 24.3 Å². The summed E-state index contributed by atoms with van der Waals surface area (Å²) < 4.78 is 21.6. The fourth-order valence-electron chi connectivity index (χ4n) is 3.63. The Morgan fingerprint density at radius 3 is 2.38 bits per heavy atom. The number of hydrogen-bond acceptors (Lipinski definition) is 10. The highest BCUT2D eigenvalue weighted by Crippen LogP contribution is 2.33. The number of aliphatic hydroxyl groups excluding tert-OH is 4. The van der Waals surface area contributed by atoms with Crippen molar-refractivity contribution in [3.05, 3.63) is 59.2 Å². The van der Waals surface area contributed by atoms with Crippen molar-refractivity contribution in [2.75, 3.05) is 20.3 Å². The molecule has 0 unspecified atom stereocenters. The molecule has 0 amide bonds. The summed E-state index contributed by atoms with van der Waals surface area (Å²) in [4.78, 5) is 11.3. The minimum Gasteiger partial charge on any atom is -0.497 e. The number of hydrogen-bond donors (Lipinski definition) is 5. The number of methoxy groups -OCH3 is 1. The predicted molar refractivity (Wildman–Crippen MR) is 118 cm³/mol. The van der Waals surface area contributed by atoms with Crippen molar-refractivity contribution in [3.8, 4) is 11.5 Å². The zero-order valence-electron chi connectivity index (χ0n) is 19.0. The van der Waals surface area contributed by atoms with E-state index in [0.29, 0.717) is 29.0 Å². The summed E-state index contributed by atoms with van der Waals surface area (Å²) in [6, 6.07) is 12.5. The summed E-state index contributed by atoms with van der Waals surface area (Å²) in [5.74, 6) is 0.0738. The summed E-state index contributed by atoms with van der Waals surface area (Å²) >= 11 is 0. The van der Waals surface area contributed by atoms with E-state index in [4.69, 9.17) is 24.1 Å². The molecule has 2 aromatic carbocycles. The molecule has 3 rings (SSSR count). The second-order valence-electron chi connectivity index (χ2n) is 8.24. The van der Waals surface area contributed by atoms with E-state index in [1.807, 2.05) is 24.3 Å². The van der Waals surface area contributed by atoms with Crippen LogP contribution in [0.4, 0.5) is 0 Å². The minimum atomic E-state index is -1.96. The fraction of sp³-hybridized carbons (Fsp3) is 0.458. The Bertz CT molecular complexity index is 959. The van der Waals surface area contributed by atoms with Crippen molar-refractivity contribution in [1.82, 2.24) is 0 Å². The van der Waals surface area contributed by atoms with Gasteiger partial charge in [0.25, 0.3) is 0 Å². The van der Waals surface area contributed by atoms with Crippen molar-refractivity contribution in [3.63, 3.8) is 0 Å². The van der Waals surface area contributed by atoms with Gasteiger partial charge >= 0.3 is 5.97 Å². The molecule has 0 aliphatic carbocycles. The number of rotatable bonds is 9. The van der Waals surface area contributed by atoms with Crippen LogP contribution in [0.25, 0.3) is 0 Å². The van der Waals surface area contributed by atoms with Crippen molar-refractivity contribution < 1.29 is 49.3 Å². The minimum absolute atomic E-state index is 0.246. The monoisotopic (exact) mass is 478 g/mol. The molecule has 10 heteroatoms. The third-order valence-corrected chi connectivity index (χ3v) is 5.79. The fourth-order valence-corrected chi connectivity index (χ4v) is 3.63. The van der Waals surface area contributed by atoms with Crippen molar-refractivity contribution >= 4 is 5.97 Å². The van der Waals surface area contributed by atoms with Gasteiger partial charge in [0.1, 0.15) is 48.6 Å². The standard InChI is InChI=1S/C24H30O10/c1-24(30)19(13-32-20(27)12-26)34-23(21(28)22(24)29)33-18-10-15(11-25)3-6-16(18)9-14-4-7-17(31-2)8-5-14/h3-8,10,19,21-23,25-26,28-30H,9,11-13H2,1-2H3/t19-,21-,22-,23+,24-/m1/s1. The highest BCUT2D eigenvalue weighted by Gasteiger charge is 2.53. The molecular formula is C24H30O10. The summed E-state index contributed by atoms with van der Waals surface area (Å²) in [6.07, 6.45) is -5.54. The summed E-state index contributed by atoms with van der Waals surface area (Å²) in [5.41, 5.74) is 0.255. The lowest BCUT2D eigenvalue weighted by molar-refractivity contribution is -0.309. The van der Waals surface area contributed by atoms with Gasteiger partial charge in [0.15, 0.2) is 0 Å². The SMILES string of the molecule is COc1ccc(Cc2ccc(CO)cc2O[C@H]2O[C@H](COC(=O)CO)[C@@](C)(O)[C@H](O)[C@H]2O)cc1. The lowest BCUT2D eigenvalue weighted by Gasteiger charge is -2.46. The van der Waals surface area contributed by atoms with Gasteiger partial charge in [0.2, 0.25) is 6.29 Å². The van der Waals surface area contributed by atoms with Gasteiger partial charge in [-0.15, -0.1) is 0 Å². The molecule has 0 aromatic heterocycles. The predicted octanol–water partition coefficient (Wildman–Crippen LogP) is -0.110. The highest BCUT2D eigenvalue weighted by atomic mass is 16.7. The van der Waals surface area contributed by atoms with E-state index in [9.17, 15) is 25.2 Å². The Hall–Kier alpha value is -2.73. The van der Waals surface area contributed by atoms with Gasteiger partial charge in [-0.25, -0.2) is 4.79 Å². The Labute approximate surface area is 196 Å². The molecule has 5 N–H and O–H groups in total. The molecule has 186 valence electrons. The third kappa shape index (κ3) is 5.84. The molecule has 1 heterocycles. The number of esters is 1. The molecule has 1 fully saturated rings. The molecule has 0 bridgehead atoms. The summed E-state index contributed by atoms with van der Waals surface area (Å²) in [5, 5.41) is 50.1. The first-order chi connectivity index (χ1) is 16.2. The smallest absolute Gasteiger partial charge is 0.331 e. The Balaban J connectivity index is 1.84. The van der Waals surface area contributed by atoms with E-state index in [0.717, 1.165) is 5.56 Å². The Kier molecular flexibility index (Phi) is 8.47. The van der Waals surface area contributed by atoms with Crippen molar-refractivity contribution in [1.29, 1.82) is 0 Å². The second-order valence-corrected chi connectivity index (χ2v) is 8.24. The van der Waals surface area contributed by atoms with Crippen LogP contribution in [0.15, 0.2) is 42.5 Å². The quantitative estimate of drug-likeness (QED) is 0.308. The molecular weight excluding hydrogens is 448 g/mol. The number of carbonyl (C=O) groups is 1. The third-order valence-electron chi connectivity index (χ3n) is 5.79. The molecule has 0 spiro atoms. The maximum Gasteiger partial charge on any atom is 0.331 e. The van der Waals surface area contributed by atoms with Gasteiger partial charge in [-0.2, -0.15) is 0 Å². The average molecular weight is 478 g/mol. The lowest BCUT2D eigenvalue weighted by Crippen LogP contribution is -2.66. The van der Waals surface area contributed by atoms with Crippen LogP contribution < -0.4 is 9.47 Å². The molecule has 0 radical (unpaired) electrons. The summed E-state index contributed by atoms with van der Waals surface area (Å²) in [7, 11) is 1.58. The molecule has 0 saturated carbocycles. The van der Waals surface area contributed by atoms with Crippen LogP contribution in [-0.2, 0) is 27.3 Å². The highest BCUT2D eigenvalue weighted by molar-refractivity contribution is 5.70. The second kappa shape index (κ2) is 11.1. The number of aliphatic hydroxyl groups is 5. The van der Waals surface area contributed by atoms with Crippen LogP contribution >= 0.6 is 0 Å². The van der Waals surface area contributed by atoms with E-state index in [2.05, 4.69) is 0 Å². The van der Waals surface area contributed by atoms with Crippen molar-refractivity contribution in [2.45, 2.75) is 50.2 Å². The van der Waals surface area contributed by atoms with Crippen LogP contribution in [0.2, 0.25) is 0 Å². The number of benzene rings is 2. The van der Waals surface area contributed by atoms with E-state index >= 15 is 0 Å². The molecule has 34 heavy (non-hydrogen) atoms. The molecule has 5 atom stereocenters. The molecule has 1 aliphatic rings. The first kappa shape index (κ1) is 25.9. The van der Waals surface area contributed by atoms with E-state index < -0.39 is 49.4 Å². The first-order valence-corrected chi connectivity index (χ1v) is 10.7.